The summed E-state index contributed by atoms with van der Waals surface area (Å²) in [6.45, 7) is 0. The van der Waals surface area contributed by atoms with E-state index in [1.165, 1.54) is 12.1 Å². The monoisotopic (exact) mass is 178 g/mol. The smallest absolute Gasteiger partial charge is 0.135 e. The Morgan fingerprint density at radius 1 is 0.900 bits per heavy atom. The highest BCUT2D eigenvalue weighted by molar-refractivity contribution is 6.43. The second-order valence-electron chi connectivity index (χ2n) is 1.73. The number of halogens is 2. The third-order valence-corrected chi connectivity index (χ3v) is 1.90. The molecule has 1 aromatic carbocycles. The molecule has 2 nitrogen and oxygen atoms in total. The van der Waals surface area contributed by atoms with Crippen LogP contribution in [-0.4, -0.2) is 10.2 Å². The second-order valence-corrected chi connectivity index (χ2v) is 2.49. The van der Waals surface area contributed by atoms with E-state index in [0.717, 1.165) is 0 Å². The summed E-state index contributed by atoms with van der Waals surface area (Å²) < 4.78 is 0. The van der Waals surface area contributed by atoms with E-state index in [1.54, 1.807) is 0 Å². The molecule has 0 fully saturated rings. The van der Waals surface area contributed by atoms with Gasteiger partial charge in [0.15, 0.2) is 0 Å². The summed E-state index contributed by atoms with van der Waals surface area (Å²) >= 11 is 10.9. The summed E-state index contributed by atoms with van der Waals surface area (Å²) in [5, 5.41) is 17.7. The molecule has 1 aromatic rings. The van der Waals surface area contributed by atoms with Crippen LogP contribution in [0.5, 0.6) is 11.5 Å². The molecule has 10 heavy (non-hydrogen) atoms. The molecular formula is C6H4Cl2O2. The van der Waals surface area contributed by atoms with Crippen LogP contribution < -0.4 is 0 Å². The fourth-order valence-corrected chi connectivity index (χ4v) is 0.849. The predicted molar refractivity (Wildman–Crippen MR) is 39.8 cm³/mol. The molecule has 0 radical (unpaired) electrons. The van der Waals surface area contributed by atoms with Gasteiger partial charge in [-0.25, -0.2) is 0 Å². The molecule has 1 rings (SSSR count). The Hall–Kier alpha value is -0.600. The van der Waals surface area contributed by atoms with Crippen molar-refractivity contribution in [3.8, 4) is 11.5 Å². The maximum Gasteiger partial charge on any atom is 0.135 e. The van der Waals surface area contributed by atoms with Crippen molar-refractivity contribution < 1.29 is 10.2 Å². The number of aromatic hydroxyl groups is 2. The Morgan fingerprint density at radius 2 is 1.20 bits per heavy atom. The Labute approximate surface area is 67.6 Å². The molecule has 0 saturated carbocycles. The first kappa shape index (κ1) is 7.51. The van der Waals surface area contributed by atoms with Crippen molar-refractivity contribution in [3.63, 3.8) is 0 Å². The summed E-state index contributed by atoms with van der Waals surface area (Å²) in [4.78, 5) is 0. The highest BCUT2D eigenvalue weighted by atomic mass is 35.5. The van der Waals surface area contributed by atoms with Crippen LogP contribution in [0.25, 0.3) is 0 Å². The number of hydrogen-bond acceptors (Lipinski definition) is 2. The third-order valence-electron chi connectivity index (χ3n) is 1.04. The van der Waals surface area contributed by atoms with Crippen LogP contribution in [0.3, 0.4) is 0 Å². The van der Waals surface area contributed by atoms with E-state index in [2.05, 4.69) is 0 Å². The molecule has 0 unspecified atom stereocenters. The fourth-order valence-electron chi connectivity index (χ4n) is 0.529. The maximum absolute atomic E-state index is 8.90. The normalized spacial score (nSPS) is 9.80. The van der Waals surface area contributed by atoms with Crippen molar-refractivity contribution in [2.24, 2.45) is 0 Å². The van der Waals surface area contributed by atoms with E-state index in [4.69, 9.17) is 33.4 Å². The van der Waals surface area contributed by atoms with Gasteiger partial charge in [-0.1, -0.05) is 23.2 Å². The van der Waals surface area contributed by atoms with Crippen molar-refractivity contribution in [1.82, 2.24) is 0 Å². The lowest BCUT2D eigenvalue weighted by atomic mass is 10.3. The largest absolute Gasteiger partial charge is 0.506 e. The van der Waals surface area contributed by atoms with Crippen LogP contribution >= 0.6 is 23.2 Å². The molecule has 4 heteroatoms. The summed E-state index contributed by atoms with van der Waals surface area (Å²) in [5.74, 6) is -0.270. The Balaban J connectivity index is 3.34. The third kappa shape index (κ3) is 1.13. The van der Waals surface area contributed by atoms with E-state index < -0.39 is 0 Å². The van der Waals surface area contributed by atoms with Crippen molar-refractivity contribution in [1.29, 1.82) is 0 Å². The first-order chi connectivity index (χ1) is 4.63. The van der Waals surface area contributed by atoms with Crippen molar-refractivity contribution >= 4 is 23.2 Å². The Morgan fingerprint density at radius 3 is 1.50 bits per heavy atom. The molecule has 54 valence electrons. The lowest BCUT2D eigenvalue weighted by Gasteiger charge is -1.99. The molecular weight excluding hydrogens is 175 g/mol. The van der Waals surface area contributed by atoms with Crippen LogP contribution in [0.2, 0.25) is 10.0 Å². The summed E-state index contributed by atoms with van der Waals surface area (Å²) in [7, 11) is 0. The molecule has 0 bridgehead atoms. The van der Waals surface area contributed by atoms with Gasteiger partial charge in [0.25, 0.3) is 0 Å². The Bertz CT molecular complexity index is 233. The standard InChI is InChI=1S/C6H4Cl2O2/c7-5-3(9)1-2-4(10)6(5)8/h1-2,9-10H. The van der Waals surface area contributed by atoms with Gasteiger partial charge in [-0.3, -0.25) is 0 Å². The topological polar surface area (TPSA) is 40.5 Å². The molecule has 0 spiro atoms. The molecule has 0 aromatic heterocycles. The van der Waals surface area contributed by atoms with Gasteiger partial charge in [0.1, 0.15) is 21.5 Å². The SMILES string of the molecule is Oc1ccc(O)c(Cl)c1Cl. The number of benzene rings is 1. The molecule has 0 aliphatic rings. The zero-order valence-corrected chi connectivity index (χ0v) is 6.32. The first-order valence-corrected chi connectivity index (χ1v) is 3.24. The number of phenols is 2. The average molecular weight is 179 g/mol. The minimum atomic E-state index is -0.135. The van der Waals surface area contributed by atoms with Gasteiger partial charge in [0.05, 0.1) is 0 Å². The highest BCUT2D eigenvalue weighted by Gasteiger charge is 2.06. The van der Waals surface area contributed by atoms with Crippen LogP contribution in [0.15, 0.2) is 12.1 Å². The average Bonchev–Trinajstić information content (AvgIpc) is 1.93. The maximum atomic E-state index is 8.90. The van der Waals surface area contributed by atoms with Crippen molar-refractivity contribution in [2.45, 2.75) is 0 Å². The van der Waals surface area contributed by atoms with E-state index in [-0.39, 0.29) is 21.5 Å². The van der Waals surface area contributed by atoms with Gasteiger partial charge >= 0.3 is 0 Å². The first-order valence-electron chi connectivity index (χ1n) is 2.49. The molecule has 0 saturated heterocycles. The zero-order valence-electron chi connectivity index (χ0n) is 4.81. The quantitative estimate of drug-likeness (QED) is 0.600. The zero-order chi connectivity index (χ0) is 7.72. The van der Waals surface area contributed by atoms with E-state index in [9.17, 15) is 0 Å². The van der Waals surface area contributed by atoms with E-state index in [0.29, 0.717) is 0 Å². The van der Waals surface area contributed by atoms with Crippen molar-refractivity contribution in [3.05, 3.63) is 22.2 Å². The molecule has 0 amide bonds. The van der Waals surface area contributed by atoms with Crippen LogP contribution in [0.1, 0.15) is 0 Å². The van der Waals surface area contributed by atoms with Gasteiger partial charge in [-0.2, -0.15) is 0 Å². The van der Waals surface area contributed by atoms with E-state index >= 15 is 0 Å². The number of rotatable bonds is 0. The van der Waals surface area contributed by atoms with Gasteiger partial charge in [0, 0.05) is 0 Å². The van der Waals surface area contributed by atoms with Crippen LogP contribution in [0.4, 0.5) is 0 Å². The van der Waals surface area contributed by atoms with Gasteiger partial charge in [-0.05, 0) is 12.1 Å². The molecule has 0 aliphatic carbocycles. The lowest BCUT2D eigenvalue weighted by Crippen LogP contribution is -1.71. The van der Waals surface area contributed by atoms with Crippen LogP contribution in [-0.2, 0) is 0 Å². The second kappa shape index (κ2) is 2.56. The predicted octanol–water partition coefficient (Wildman–Crippen LogP) is 2.40. The molecule has 0 atom stereocenters. The van der Waals surface area contributed by atoms with Gasteiger partial charge in [0.2, 0.25) is 0 Å². The number of phenolic OH excluding ortho intramolecular Hbond substituents is 2. The fraction of sp³-hybridized carbons (Fsp3) is 0. The molecule has 2 N–H and O–H groups in total. The molecule has 0 aliphatic heterocycles. The van der Waals surface area contributed by atoms with Crippen molar-refractivity contribution in [2.75, 3.05) is 0 Å². The van der Waals surface area contributed by atoms with E-state index in [1.807, 2.05) is 0 Å². The Kier molecular flexibility index (Phi) is 1.92. The minimum absolute atomic E-state index is 0.0262. The number of hydrogen-bond donors (Lipinski definition) is 2. The van der Waals surface area contributed by atoms with Gasteiger partial charge < -0.3 is 10.2 Å². The molecule has 0 heterocycles. The lowest BCUT2D eigenvalue weighted by molar-refractivity contribution is 0.460. The highest BCUT2D eigenvalue weighted by Crippen LogP contribution is 2.36. The van der Waals surface area contributed by atoms with Gasteiger partial charge in [-0.15, -0.1) is 0 Å². The summed E-state index contributed by atoms with van der Waals surface area (Å²) in [5.41, 5.74) is 0. The summed E-state index contributed by atoms with van der Waals surface area (Å²) in [6, 6.07) is 2.53. The van der Waals surface area contributed by atoms with Crippen LogP contribution in [0, 0.1) is 0 Å². The summed E-state index contributed by atoms with van der Waals surface area (Å²) in [6.07, 6.45) is 0. The minimum Gasteiger partial charge on any atom is -0.506 e.